The van der Waals surface area contributed by atoms with Crippen molar-refractivity contribution in [3.8, 4) is 0 Å². The lowest BCUT2D eigenvalue weighted by Gasteiger charge is -2.08. The second kappa shape index (κ2) is 6.17. The van der Waals surface area contributed by atoms with Gasteiger partial charge in [-0.05, 0) is 20.4 Å². The van der Waals surface area contributed by atoms with Crippen LogP contribution in [0.1, 0.15) is 30.6 Å². The second-order valence-electron chi connectivity index (χ2n) is 4.16. The lowest BCUT2D eigenvalue weighted by atomic mass is 10.3. The van der Waals surface area contributed by atoms with Gasteiger partial charge in [-0.15, -0.1) is 22.7 Å². The number of hydrogen-bond acceptors (Lipinski definition) is 7. The smallest absolute Gasteiger partial charge is 0.274 e. The monoisotopic (exact) mass is 332 g/mol. The van der Waals surface area contributed by atoms with E-state index in [0.29, 0.717) is 10.1 Å². The topological polar surface area (TPSA) is 84.0 Å². The fourth-order valence-electron chi connectivity index (χ4n) is 1.57. The van der Waals surface area contributed by atoms with Crippen LogP contribution in [0.4, 0.5) is 5.13 Å². The number of rotatable bonds is 6. The minimum absolute atomic E-state index is 0.0974. The molecule has 1 atom stereocenters. The molecule has 0 spiro atoms. The molecule has 2 aromatic rings. The summed E-state index contributed by atoms with van der Waals surface area (Å²) in [6.07, 6.45) is 1.36. The van der Waals surface area contributed by atoms with E-state index in [0.717, 1.165) is 23.6 Å². The van der Waals surface area contributed by atoms with Crippen LogP contribution in [0.25, 0.3) is 0 Å². The highest BCUT2D eigenvalue weighted by molar-refractivity contribution is 7.94. The lowest BCUT2D eigenvalue weighted by molar-refractivity contribution is 0.586. The highest BCUT2D eigenvalue weighted by Gasteiger charge is 2.19. The Morgan fingerprint density at radius 1 is 1.45 bits per heavy atom. The molecule has 0 radical (unpaired) electrons. The van der Waals surface area contributed by atoms with Crippen LogP contribution in [-0.2, 0) is 10.0 Å². The van der Waals surface area contributed by atoms with E-state index in [2.05, 4.69) is 20.0 Å². The molecule has 0 aliphatic heterocycles. The Kier molecular flexibility index (Phi) is 4.74. The fraction of sp³-hybridized carbons (Fsp3) is 0.455. The van der Waals surface area contributed by atoms with Gasteiger partial charge in [0.15, 0.2) is 9.34 Å². The number of hydrogen-bond donors (Lipinski definition) is 2. The maximum absolute atomic E-state index is 12.1. The minimum atomic E-state index is -3.58. The second-order valence-corrected chi connectivity index (χ2v) is 8.16. The van der Waals surface area contributed by atoms with Crippen LogP contribution in [0, 0.1) is 6.92 Å². The molecule has 9 heteroatoms. The van der Waals surface area contributed by atoms with Crippen molar-refractivity contribution in [1.82, 2.24) is 15.3 Å². The zero-order chi connectivity index (χ0) is 14.8. The average Bonchev–Trinajstić information content (AvgIpc) is 2.98. The Morgan fingerprint density at radius 2 is 2.20 bits per heavy atom. The molecule has 0 saturated heterocycles. The van der Waals surface area contributed by atoms with Crippen LogP contribution < -0.4 is 10.0 Å². The number of sulfonamides is 1. The normalized spacial score (nSPS) is 13.3. The quantitative estimate of drug-likeness (QED) is 0.848. The first-order valence-corrected chi connectivity index (χ1v) is 9.24. The first-order valence-electron chi connectivity index (χ1n) is 6.06. The summed E-state index contributed by atoms with van der Waals surface area (Å²) in [5.74, 6) is 0. The third kappa shape index (κ3) is 3.54. The van der Waals surface area contributed by atoms with Crippen molar-refractivity contribution in [3.63, 3.8) is 0 Å². The summed E-state index contributed by atoms with van der Waals surface area (Å²) in [6, 6.07) is 0.0974. The molecular formula is C11H16N4O2S3. The number of nitrogens with zero attached hydrogens (tertiary/aromatic N) is 2. The largest absolute Gasteiger partial charge is 0.309 e. The molecule has 0 fully saturated rings. The van der Waals surface area contributed by atoms with E-state index in [9.17, 15) is 8.42 Å². The van der Waals surface area contributed by atoms with Gasteiger partial charge in [-0.25, -0.2) is 18.4 Å². The molecule has 0 aliphatic rings. The summed E-state index contributed by atoms with van der Waals surface area (Å²) in [7, 11) is -3.58. The van der Waals surface area contributed by atoms with Crippen molar-refractivity contribution in [2.75, 3.05) is 11.3 Å². The third-order valence-corrected chi connectivity index (χ3v) is 6.18. The molecule has 0 amide bonds. The maximum Gasteiger partial charge on any atom is 0.274 e. The first kappa shape index (κ1) is 15.4. The highest BCUT2D eigenvalue weighted by atomic mass is 32.2. The van der Waals surface area contributed by atoms with Gasteiger partial charge in [0.25, 0.3) is 10.0 Å². The van der Waals surface area contributed by atoms with Gasteiger partial charge < -0.3 is 5.32 Å². The Balaban J connectivity index is 2.14. The van der Waals surface area contributed by atoms with Crippen LogP contribution >= 0.6 is 22.7 Å². The predicted molar refractivity (Wildman–Crippen MR) is 81.9 cm³/mol. The molecule has 0 aliphatic carbocycles. The predicted octanol–water partition coefficient (Wildman–Crippen LogP) is 2.38. The maximum atomic E-state index is 12.1. The Bertz CT molecular complexity index is 677. The number of aromatic nitrogens is 2. The van der Waals surface area contributed by atoms with E-state index in [1.165, 1.54) is 17.5 Å². The van der Waals surface area contributed by atoms with Crippen molar-refractivity contribution < 1.29 is 8.42 Å². The van der Waals surface area contributed by atoms with E-state index in [-0.39, 0.29) is 10.3 Å². The summed E-state index contributed by atoms with van der Waals surface area (Å²) in [6.45, 7) is 6.60. The molecule has 1 unspecified atom stereocenters. The third-order valence-electron chi connectivity index (χ3n) is 2.56. The van der Waals surface area contributed by atoms with Crippen molar-refractivity contribution >= 4 is 37.8 Å². The van der Waals surface area contributed by atoms with Gasteiger partial charge in [0.1, 0.15) is 0 Å². The van der Waals surface area contributed by atoms with E-state index in [1.807, 2.05) is 19.2 Å². The van der Waals surface area contributed by atoms with Crippen LogP contribution in [0.5, 0.6) is 0 Å². The molecule has 20 heavy (non-hydrogen) atoms. The minimum Gasteiger partial charge on any atom is -0.309 e. The van der Waals surface area contributed by atoms with E-state index in [1.54, 1.807) is 6.92 Å². The van der Waals surface area contributed by atoms with Crippen molar-refractivity contribution in [1.29, 1.82) is 0 Å². The zero-order valence-corrected chi connectivity index (χ0v) is 13.8. The molecule has 2 heterocycles. The molecule has 2 aromatic heterocycles. The van der Waals surface area contributed by atoms with Crippen molar-refractivity contribution in [3.05, 3.63) is 22.3 Å². The number of aryl methyl sites for hydroxylation is 1. The van der Waals surface area contributed by atoms with Crippen LogP contribution in [0.3, 0.4) is 0 Å². The van der Waals surface area contributed by atoms with Crippen LogP contribution in [-0.4, -0.2) is 24.9 Å². The number of thiazole rings is 2. The fourth-order valence-corrected chi connectivity index (χ4v) is 4.74. The molecule has 6 nitrogen and oxygen atoms in total. The SMILES string of the molecule is CCNC(C)c1csc(NS(=O)(=O)c2cnc(C)s2)n1. The van der Waals surface area contributed by atoms with Gasteiger partial charge >= 0.3 is 0 Å². The molecule has 0 saturated carbocycles. The summed E-state index contributed by atoms with van der Waals surface area (Å²) < 4.78 is 26.9. The zero-order valence-electron chi connectivity index (χ0n) is 11.4. The number of anilines is 1. The van der Waals surface area contributed by atoms with Gasteiger partial charge in [0.2, 0.25) is 0 Å². The molecule has 2 N–H and O–H groups in total. The van der Waals surface area contributed by atoms with Crippen molar-refractivity contribution in [2.45, 2.75) is 31.0 Å². The molecule has 110 valence electrons. The van der Waals surface area contributed by atoms with Crippen LogP contribution in [0.15, 0.2) is 15.8 Å². The summed E-state index contributed by atoms with van der Waals surface area (Å²) in [5, 5.41) is 6.17. The Morgan fingerprint density at radius 3 is 2.80 bits per heavy atom. The van der Waals surface area contributed by atoms with Gasteiger partial charge in [-0.2, -0.15) is 0 Å². The van der Waals surface area contributed by atoms with Gasteiger partial charge in [0.05, 0.1) is 16.9 Å². The van der Waals surface area contributed by atoms with E-state index in [4.69, 9.17) is 0 Å². The summed E-state index contributed by atoms with van der Waals surface area (Å²) >= 11 is 2.41. The van der Waals surface area contributed by atoms with Crippen molar-refractivity contribution in [2.24, 2.45) is 0 Å². The summed E-state index contributed by atoms with van der Waals surface area (Å²) in [5.41, 5.74) is 0.829. The average molecular weight is 332 g/mol. The standard InChI is InChI=1S/C11H16N4O2S3/c1-4-12-7(2)9-6-18-11(14-9)15-20(16,17)10-5-13-8(3)19-10/h5-7,12H,4H2,1-3H3,(H,14,15). The van der Waals surface area contributed by atoms with Gasteiger partial charge in [0, 0.05) is 11.4 Å². The molecule has 2 rings (SSSR count). The highest BCUT2D eigenvalue weighted by Crippen LogP contribution is 2.25. The molecule has 0 aromatic carbocycles. The molecular weight excluding hydrogens is 316 g/mol. The first-order chi connectivity index (χ1) is 9.42. The van der Waals surface area contributed by atoms with E-state index < -0.39 is 10.0 Å². The van der Waals surface area contributed by atoms with E-state index >= 15 is 0 Å². The lowest BCUT2D eigenvalue weighted by Crippen LogP contribution is -2.18. The van der Waals surface area contributed by atoms with Gasteiger partial charge in [-0.1, -0.05) is 6.92 Å². The van der Waals surface area contributed by atoms with Gasteiger partial charge in [-0.3, -0.25) is 4.72 Å². The van der Waals surface area contributed by atoms with Crippen LogP contribution in [0.2, 0.25) is 0 Å². The number of nitrogens with one attached hydrogen (secondary N) is 2. The molecule has 0 bridgehead atoms. The Hall–Kier alpha value is -1.03. The Labute approximate surface area is 126 Å². The summed E-state index contributed by atoms with van der Waals surface area (Å²) in [4.78, 5) is 8.25.